The maximum absolute atomic E-state index is 6.43. The molecule has 1 nitrogen and oxygen atoms in total. The predicted molar refractivity (Wildman–Crippen MR) is 281 cm³/mol. The van der Waals surface area contributed by atoms with E-state index in [2.05, 4.69) is 194 Å². The van der Waals surface area contributed by atoms with Crippen molar-refractivity contribution in [1.82, 2.24) is 0 Å². The van der Waals surface area contributed by atoms with E-state index in [1.807, 2.05) is 6.55 Å². The summed E-state index contributed by atoms with van der Waals surface area (Å²) < 4.78 is 6.43. The van der Waals surface area contributed by atoms with Gasteiger partial charge in [0.1, 0.15) is 0 Å². The van der Waals surface area contributed by atoms with Gasteiger partial charge in [-0.3, -0.25) is 0 Å². The van der Waals surface area contributed by atoms with Gasteiger partial charge in [0.25, 0.3) is 0 Å². The number of unbranched alkanes of at least 4 members (excludes halogenated alkanes) is 5. The van der Waals surface area contributed by atoms with Gasteiger partial charge in [0, 0.05) is 17.7 Å². The van der Waals surface area contributed by atoms with Crippen LogP contribution in [0.25, 0.3) is 33.4 Å². The van der Waals surface area contributed by atoms with E-state index in [9.17, 15) is 0 Å². The molecule has 0 N–H and O–H groups in total. The number of halogens is 2. The molecule has 6 aromatic rings. The molecule has 0 amide bonds. The predicted octanol–water partition coefficient (Wildman–Crippen LogP) is 15.0. The van der Waals surface area contributed by atoms with Crippen molar-refractivity contribution in [3.63, 3.8) is 0 Å². The third kappa shape index (κ3) is 12.9. The Hall–Kier alpha value is -3.11. The minimum absolute atomic E-state index is 0. The molecule has 0 fully saturated rings. The van der Waals surface area contributed by atoms with Crippen LogP contribution in [0.1, 0.15) is 124 Å². The summed E-state index contributed by atoms with van der Waals surface area (Å²) >= 11 is 11.9. The summed E-state index contributed by atoms with van der Waals surface area (Å²) in [6, 6.07) is 56.0. The van der Waals surface area contributed by atoms with E-state index in [1.165, 1.54) is 105 Å². The van der Waals surface area contributed by atoms with E-state index in [0.29, 0.717) is 11.1 Å². The third-order valence-electron chi connectivity index (χ3n) is 12.9. The van der Waals surface area contributed by atoms with Gasteiger partial charge in [0.15, 0.2) is 0 Å². The van der Waals surface area contributed by atoms with Gasteiger partial charge in [-0.25, -0.2) is 0 Å². The van der Waals surface area contributed by atoms with Gasteiger partial charge in [-0.1, -0.05) is 205 Å². The topological polar surface area (TPSA) is 9.23 Å². The summed E-state index contributed by atoms with van der Waals surface area (Å²) in [5.74, 6) is 0. The molecular formula is C58H71Cl2LiOSi2. The fourth-order valence-electron chi connectivity index (χ4n) is 9.88. The van der Waals surface area contributed by atoms with Gasteiger partial charge in [0.2, 0.25) is 6.69 Å². The first-order valence-corrected chi connectivity index (χ1v) is 31.2. The number of hydrogen-bond donors (Lipinski definition) is 0. The van der Waals surface area contributed by atoms with Crippen LogP contribution in [0.15, 0.2) is 146 Å². The first-order chi connectivity index (χ1) is 30.3. The van der Waals surface area contributed by atoms with Gasteiger partial charge in [-0.2, -0.15) is 6.42 Å². The Morgan fingerprint density at radius 2 is 0.859 bits per heavy atom. The van der Waals surface area contributed by atoms with Crippen LogP contribution in [0.5, 0.6) is 0 Å². The fourth-order valence-corrected chi connectivity index (χ4v) is 16.9. The van der Waals surface area contributed by atoms with Crippen molar-refractivity contribution in [3.05, 3.63) is 186 Å². The Balaban J connectivity index is 0.000000217. The quantitative estimate of drug-likeness (QED) is 0.0514. The van der Waals surface area contributed by atoms with E-state index in [-0.39, 0.29) is 24.5 Å². The number of rotatable bonds is 12. The van der Waals surface area contributed by atoms with Crippen LogP contribution in [-0.4, -0.2) is 27.0 Å². The Labute approximate surface area is 411 Å². The zero-order chi connectivity index (χ0) is 45.0. The smallest absolute Gasteiger partial charge is 0.376 e. The van der Waals surface area contributed by atoms with Crippen LogP contribution in [-0.2, 0) is 11.2 Å². The second-order valence-electron chi connectivity index (χ2n) is 19.0. The van der Waals surface area contributed by atoms with Gasteiger partial charge < -0.3 is 11.7 Å². The van der Waals surface area contributed by atoms with Gasteiger partial charge >= 0.3 is 18.9 Å². The molecule has 6 heteroatoms. The Bertz CT molecular complexity index is 2150. The van der Waals surface area contributed by atoms with Crippen LogP contribution in [0.2, 0.25) is 25.2 Å². The van der Waals surface area contributed by atoms with Crippen LogP contribution >= 0.6 is 22.2 Å². The van der Waals surface area contributed by atoms with Crippen molar-refractivity contribution < 1.29 is 23.6 Å². The van der Waals surface area contributed by atoms with Crippen molar-refractivity contribution in [2.24, 2.45) is 0 Å². The summed E-state index contributed by atoms with van der Waals surface area (Å²) in [5.41, 5.74) is 18.2. The summed E-state index contributed by atoms with van der Waals surface area (Å²) in [4.78, 5) is 0. The molecule has 6 aromatic carbocycles. The zero-order valence-corrected chi connectivity index (χ0v) is 43.7. The number of hydrogen-bond acceptors (Lipinski definition) is 1. The minimum atomic E-state index is -2.11. The molecule has 0 aromatic heterocycles. The van der Waals surface area contributed by atoms with Gasteiger partial charge in [-0.15, -0.1) is 22.2 Å². The van der Waals surface area contributed by atoms with E-state index >= 15 is 0 Å². The molecule has 0 bridgehead atoms. The van der Waals surface area contributed by atoms with E-state index in [0.717, 1.165) is 31.5 Å². The molecule has 0 saturated heterocycles. The molecule has 332 valence electrons. The van der Waals surface area contributed by atoms with E-state index < -0.39 is 14.8 Å². The molecule has 3 aliphatic carbocycles. The first kappa shape index (κ1) is 51.9. The van der Waals surface area contributed by atoms with Crippen LogP contribution in [0.3, 0.4) is 0 Å². The summed E-state index contributed by atoms with van der Waals surface area (Å²) in [7, 11) is -2.11. The van der Waals surface area contributed by atoms with Gasteiger partial charge in [0.05, 0.1) is 13.7 Å². The molecule has 0 atom stereocenters. The average Bonchev–Trinajstić information content (AvgIpc) is 3.94. The SMILES string of the molecule is CC(C)(C)OCC[Si](C)(C1c2ccccc2-c2ccccc21)C1c2ccccc2-c2ccccc21.CCCCCCC[Si](C)(Cl)Cl.[CH2-]CCC.[Li+].c1ccc2c(c1)Cc1ccccc1-2. The van der Waals surface area contributed by atoms with Crippen LogP contribution in [0, 0.1) is 6.92 Å². The molecule has 0 spiro atoms. The van der Waals surface area contributed by atoms with E-state index in [1.54, 1.807) is 0 Å². The molecule has 64 heavy (non-hydrogen) atoms. The van der Waals surface area contributed by atoms with Crippen molar-refractivity contribution >= 4 is 36.9 Å². The first-order valence-electron chi connectivity index (χ1n) is 23.6. The average molecular weight is 918 g/mol. The van der Waals surface area contributed by atoms with Crippen molar-refractivity contribution in [2.75, 3.05) is 6.61 Å². The molecule has 0 aliphatic heterocycles. The number of ether oxygens (including phenoxy) is 1. The molecule has 9 rings (SSSR count). The Morgan fingerprint density at radius 3 is 1.20 bits per heavy atom. The van der Waals surface area contributed by atoms with Crippen LogP contribution in [0.4, 0.5) is 0 Å². The van der Waals surface area contributed by atoms with Crippen LogP contribution < -0.4 is 18.9 Å². The maximum Gasteiger partial charge on any atom is 1.00 e. The zero-order valence-electron chi connectivity index (χ0n) is 40.2. The summed E-state index contributed by atoms with van der Waals surface area (Å²) in [6.07, 6.45) is 9.89. The standard InChI is InChI=1S/C33H34OSi.C13H10.C8H18Cl2Si.C4H9.Li/c1-33(2,3)34-21-22-35(4,31-27-17-9-5-13-23(27)24-14-6-10-18-28(24)31)32-29-19-11-7-15-25(29)26-16-8-12-20-30(26)32;1-3-7-12-10(5-1)9-11-6-2-4-8-13(11)12;1-3-4-5-6-7-8-11(2,9)10;1-3-4-2;/h5-20,31-32H,21-22H2,1-4H3;1-8H,9H2;3-8H2,1-2H3;1,3-4H2,2H3;/q;;;-1;+1. The maximum atomic E-state index is 6.43. The molecule has 0 heterocycles. The molecule has 0 radical (unpaired) electrons. The Morgan fingerprint density at radius 1 is 0.516 bits per heavy atom. The second kappa shape index (κ2) is 24.1. The van der Waals surface area contributed by atoms with Crippen molar-refractivity contribution in [1.29, 1.82) is 0 Å². The minimum Gasteiger partial charge on any atom is -0.376 e. The van der Waals surface area contributed by atoms with Crippen molar-refractivity contribution in [2.45, 2.75) is 128 Å². The third-order valence-corrected chi connectivity index (χ3v) is 20.5. The summed E-state index contributed by atoms with van der Waals surface area (Å²) in [6.45, 7) is 18.1. The molecule has 0 unspecified atom stereocenters. The largest absolute Gasteiger partial charge is 1.00 e. The van der Waals surface area contributed by atoms with Gasteiger partial charge in [-0.05, 0) is 113 Å². The second-order valence-corrected chi connectivity index (χ2v) is 31.9. The van der Waals surface area contributed by atoms with Crippen molar-refractivity contribution in [3.8, 4) is 33.4 Å². The Kier molecular flexibility index (Phi) is 19.5. The number of fused-ring (bicyclic) bond motifs is 9. The molecule has 3 aliphatic rings. The number of benzene rings is 6. The monoisotopic (exact) mass is 916 g/mol. The fraction of sp³-hybridized carbons (Fsp3) is 0.362. The van der Waals surface area contributed by atoms with E-state index in [4.69, 9.17) is 26.9 Å². The molecular weight excluding hydrogens is 847 g/mol. The summed E-state index contributed by atoms with van der Waals surface area (Å²) in [5, 5.41) is 0. The molecule has 0 saturated carbocycles. The normalized spacial score (nSPS) is 13.2.